The van der Waals surface area contributed by atoms with Gasteiger partial charge in [0.25, 0.3) is 0 Å². The van der Waals surface area contributed by atoms with Gasteiger partial charge in [0, 0.05) is 6.92 Å². The lowest BCUT2D eigenvalue weighted by Crippen LogP contribution is -2.67. The van der Waals surface area contributed by atoms with E-state index in [2.05, 4.69) is 16.1 Å². The van der Waals surface area contributed by atoms with Crippen molar-refractivity contribution in [2.45, 2.75) is 68.3 Å². The number of amides is 1. The number of aliphatic hydroxyl groups excluding tert-OH is 5. The number of nitrogens with one attached hydrogen (secondary N) is 1. The van der Waals surface area contributed by atoms with Gasteiger partial charge in [0.1, 0.15) is 48.8 Å². The lowest BCUT2D eigenvalue weighted by Gasteiger charge is -2.47. The summed E-state index contributed by atoms with van der Waals surface area (Å²) in [4.78, 5) is 11.6. The molecule has 0 aromatic heterocycles. The van der Waals surface area contributed by atoms with Crippen LogP contribution in [0.2, 0.25) is 0 Å². The zero-order valence-electron chi connectivity index (χ0n) is 17.5. The first kappa shape index (κ1) is 28.0. The molecular formula is C17H29NO14S. The summed E-state index contributed by atoms with van der Waals surface area (Å²) in [5.41, 5.74) is 0. The van der Waals surface area contributed by atoms with E-state index >= 15 is 0 Å². The second-order valence-corrected chi connectivity index (χ2v) is 8.48. The molecule has 0 spiro atoms. The summed E-state index contributed by atoms with van der Waals surface area (Å²) in [5, 5.41) is 53.5. The van der Waals surface area contributed by atoms with Crippen LogP contribution in [-0.4, -0.2) is 126 Å². The Balaban J connectivity index is 2.24. The number of hydrogen-bond donors (Lipinski definition) is 7. The summed E-state index contributed by atoms with van der Waals surface area (Å²) in [6.45, 7) is 2.87. The Kier molecular flexibility index (Phi) is 10.1. The Morgan fingerprint density at radius 3 is 2.24 bits per heavy atom. The largest absolute Gasteiger partial charge is 0.397 e. The molecule has 0 aliphatic carbocycles. The molecule has 192 valence electrons. The Hall–Kier alpha value is -1.28. The Morgan fingerprint density at radius 1 is 1.06 bits per heavy atom. The van der Waals surface area contributed by atoms with Crippen molar-refractivity contribution in [1.82, 2.24) is 5.32 Å². The third-order valence-corrected chi connectivity index (χ3v) is 5.38. The normalized spacial score (nSPS) is 39.7. The van der Waals surface area contributed by atoms with Crippen LogP contribution in [0.1, 0.15) is 6.92 Å². The van der Waals surface area contributed by atoms with E-state index < -0.39 is 90.9 Å². The third-order valence-electron chi connectivity index (χ3n) is 4.94. The molecule has 0 bridgehead atoms. The van der Waals surface area contributed by atoms with Gasteiger partial charge in [0.2, 0.25) is 5.91 Å². The molecule has 1 amide bonds. The lowest BCUT2D eigenvalue weighted by atomic mass is 9.95. The molecule has 2 saturated heterocycles. The van der Waals surface area contributed by atoms with Crippen LogP contribution in [0.4, 0.5) is 0 Å². The molecule has 10 atom stereocenters. The van der Waals surface area contributed by atoms with Crippen molar-refractivity contribution in [3.63, 3.8) is 0 Å². The molecule has 2 aliphatic heterocycles. The summed E-state index contributed by atoms with van der Waals surface area (Å²) < 4.78 is 56.3. The van der Waals surface area contributed by atoms with E-state index in [-0.39, 0.29) is 6.61 Å². The smallest absolute Gasteiger partial charge is 0.394 e. The van der Waals surface area contributed by atoms with Gasteiger partial charge < -0.3 is 49.8 Å². The summed E-state index contributed by atoms with van der Waals surface area (Å²) in [5.74, 6) is -0.659. The minimum absolute atomic E-state index is 0.0337. The van der Waals surface area contributed by atoms with Crippen LogP contribution < -0.4 is 5.32 Å². The highest BCUT2D eigenvalue weighted by atomic mass is 32.3. The van der Waals surface area contributed by atoms with Gasteiger partial charge in [-0.3, -0.25) is 9.35 Å². The van der Waals surface area contributed by atoms with Crippen molar-refractivity contribution in [1.29, 1.82) is 0 Å². The van der Waals surface area contributed by atoms with E-state index in [0.717, 1.165) is 6.92 Å². The number of ether oxygens (including phenoxy) is 4. The van der Waals surface area contributed by atoms with Gasteiger partial charge in [-0.2, -0.15) is 8.42 Å². The highest BCUT2D eigenvalue weighted by molar-refractivity contribution is 7.80. The molecule has 0 radical (unpaired) electrons. The molecule has 2 fully saturated rings. The summed E-state index contributed by atoms with van der Waals surface area (Å²) in [6.07, 6.45) is -12.9. The van der Waals surface area contributed by atoms with E-state index in [4.69, 9.17) is 23.5 Å². The second kappa shape index (κ2) is 11.9. The topological polar surface area (TPSA) is 231 Å². The highest BCUT2D eigenvalue weighted by Crippen LogP contribution is 2.29. The average Bonchev–Trinajstić information content (AvgIpc) is 2.74. The van der Waals surface area contributed by atoms with Crippen molar-refractivity contribution >= 4 is 16.3 Å². The third kappa shape index (κ3) is 7.35. The molecule has 0 saturated carbocycles. The SMILES string of the molecule is C=CCO[C@H]1O[C@H](CO)[C@@H](O[C@@H]2O[C@H](COS(=O)(=O)O)[C@@H](O)[C@H](O)[C@H]2NC(C)=O)[C@H](O)[C@H]1O. The Labute approximate surface area is 189 Å². The number of rotatable bonds is 10. The van der Waals surface area contributed by atoms with Gasteiger partial charge in [-0.1, -0.05) is 6.08 Å². The van der Waals surface area contributed by atoms with Crippen molar-refractivity contribution in [2.24, 2.45) is 0 Å². The van der Waals surface area contributed by atoms with Crippen molar-refractivity contribution in [2.75, 3.05) is 19.8 Å². The molecule has 2 heterocycles. The average molecular weight is 503 g/mol. The second-order valence-electron chi connectivity index (χ2n) is 7.39. The van der Waals surface area contributed by atoms with Gasteiger partial charge in [-0.05, 0) is 0 Å². The fourth-order valence-corrected chi connectivity index (χ4v) is 3.71. The van der Waals surface area contributed by atoms with Gasteiger partial charge in [0.15, 0.2) is 12.6 Å². The van der Waals surface area contributed by atoms with Crippen molar-refractivity contribution in [3.8, 4) is 0 Å². The summed E-state index contributed by atoms with van der Waals surface area (Å²) in [7, 11) is -4.91. The number of carbonyl (C=O) groups is 1. The van der Waals surface area contributed by atoms with E-state index in [9.17, 15) is 38.7 Å². The lowest BCUT2D eigenvalue weighted by molar-refractivity contribution is -0.345. The first-order valence-corrected chi connectivity index (χ1v) is 11.2. The number of hydrogen-bond acceptors (Lipinski definition) is 13. The monoisotopic (exact) mass is 503 g/mol. The first-order chi connectivity index (χ1) is 15.4. The van der Waals surface area contributed by atoms with Crippen LogP contribution in [-0.2, 0) is 38.3 Å². The molecular weight excluding hydrogens is 474 g/mol. The van der Waals surface area contributed by atoms with E-state index in [0.29, 0.717) is 0 Å². The molecule has 0 unspecified atom stereocenters. The van der Waals surface area contributed by atoms with E-state index in [1.54, 1.807) is 0 Å². The molecule has 2 aliphatic rings. The van der Waals surface area contributed by atoms with Crippen LogP contribution in [0.3, 0.4) is 0 Å². The molecule has 15 nitrogen and oxygen atoms in total. The van der Waals surface area contributed by atoms with Crippen LogP contribution >= 0.6 is 0 Å². The fraction of sp³-hybridized carbons (Fsp3) is 0.824. The maximum absolute atomic E-state index is 11.6. The van der Waals surface area contributed by atoms with Crippen LogP contribution in [0.25, 0.3) is 0 Å². The summed E-state index contributed by atoms with van der Waals surface area (Å²) >= 11 is 0. The van der Waals surface area contributed by atoms with Gasteiger partial charge in [0.05, 0.1) is 19.8 Å². The molecule has 16 heteroatoms. The molecule has 0 aromatic carbocycles. The van der Waals surface area contributed by atoms with E-state index in [1.165, 1.54) is 6.08 Å². The Morgan fingerprint density at radius 2 is 1.70 bits per heavy atom. The Bertz CT molecular complexity index is 763. The molecule has 0 aromatic rings. The minimum atomic E-state index is -4.91. The molecule has 33 heavy (non-hydrogen) atoms. The number of carbonyl (C=O) groups excluding carboxylic acids is 1. The van der Waals surface area contributed by atoms with Crippen LogP contribution in [0.15, 0.2) is 12.7 Å². The molecule has 2 rings (SSSR count). The maximum atomic E-state index is 11.6. The quantitative estimate of drug-likeness (QED) is 0.111. The van der Waals surface area contributed by atoms with Crippen molar-refractivity contribution < 1.29 is 66.4 Å². The number of aliphatic hydroxyl groups is 5. The van der Waals surface area contributed by atoms with E-state index in [1.807, 2.05) is 0 Å². The predicted molar refractivity (Wildman–Crippen MR) is 105 cm³/mol. The van der Waals surface area contributed by atoms with Gasteiger partial charge >= 0.3 is 10.4 Å². The summed E-state index contributed by atoms with van der Waals surface area (Å²) in [6, 6.07) is -1.43. The fourth-order valence-electron chi connectivity index (χ4n) is 3.40. The zero-order valence-corrected chi connectivity index (χ0v) is 18.4. The molecule has 7 N–H and O–H groups in total. The minimum Gasteiger partial charge on any atom is -0.394 e. The predicted octanol–water partition coefficient (Wildman–Crippen LogP) is -4.22. The first-order valence-electron chi connectivity index (χ1n) is 9.80. The maximum Gasteiger partial charge on any atom is 0.397 e. The van der Waals surface area contributed by atoms with Crippen LogP contribution in [0.5, 0.6) is 0 Å². The highest BCUT2D eigenvalue weighted by Gasteiger charge is 2.51. The van der Waals surface area contributed by atoms with Gasteiger partial charge in [-0.15, -0.1) is 6.58 Å². The van der Waals surface area contributed by atoms with Crippen molar-refractivity contribution in [3.05, 3.63) is 12.7 Å². The standard InChI is InChI=1S/C17H29NO14S/c1-3-4-28-17-14(24)13(23)15(8(5-19)30-17)32-16-10(18-7(2)20)12(22)11(21)9(31-16)6-29-33(25,26)27/h3,8-17,19,21-24H,1,4-6H2,2H3,(H,18,20)(H,25,26,27)/t8-,9-,10-,11-,12-,13-,14-,15-,16+,17+/m1/s1. The van der Waals surface area contributed by atoms with Gasteiger partial charge in [-0.25, -0.2) is 4.18 Å². The van der Waals surface area contributed by atoms with Crippen LogP contribution in [0, 0.1) is 0 Å². The zero-order chi connectivity index (χ0) is 24.9.